The number of hydrogen-bond donors (Lipinski definition) is 1. The maximum atomic E-state index is 5.57. The van der Waals surface area contributed by atoms with Crippen LogP contribution < -0.4 is 5.73 Å². The van der Waals surface area contributed by atoms with Crippen molar-refractivity contribution in [2.75, 3.05) is 7.05 Å². The Morgan fingerprint density at radius 1 is 1.29 bits per heavy atom. The van der Waals surface area contributed by atoms with Gasteiger partial charge >= 0.3 is 0 Å². The Kier molecular flexibility index (Phi) is 3.47. The van der Waals surface area contributed by atoms with Crippen molar-refractivity contribution >= 4 is 10.4 Å². The third-order valence-electron chi connectivity index (χ3n) is 3.01. The molecule has 0 amide bonds. The van der Waals surface area contributed by atoms with Crippen LogP contribution in [0.2, 0.25) is 0 Å². The van der Waals surface area contributed by atoms with E-state index in [9.17, 15) is 0 Å². The molecule has 1 aromatic carbocycles. The molecule has 1 aromatic rings. The van der Waals surface area contributed by atoms with Crippen LogP contribution in [0.3, 0.4) is 0 Å². The van der Waals surface area contributed by atoms with Gasteiger partial charge in [-0.1, -0.05) is 24.3 Å². The van der Waals surface area contributed by atoms with Crippen molar-refractivity contribution in [3.05, 3.63) is 35.4 Å². The summed E-state index contributed by atoms with van der Waals surface area (Å²) in [6.45, 7) is 5.12. The van der Waals surface area contributed by atoms with E-state index in [-0.39, 0.29) is 5.54 Å². The molecule has 0 unspecified atom stereocenters. The lowest BCUT2D eigenvalue weighted by molar-refractivity contribution is 0.283. The second kappa shape index (κ2) is 4.25. The Morgan fingerprint density at radius 2 is 1.79 bits per heavy atom. The number of benzene rings is 1. The summed E-state index contributed by atoms with van der Waals surface area (Å²) in [5.41, 5.74) is 8.25. The predicted octanol–water partition coefficient (Wildman–Crippen LogP) is 0.593. The molecule has 1 rings (SSSR count). The van der Waals surface area contributed by atoms with E-state index in [1.165, 1.54) is 11.1 Å². The number of hydrogen-bond acceptors (Lipinski definition) is 2. The second-order valence-electron chi connectivity index (χ2n) is 4.35. The third kappa shape index (κ3) is 2.23. The summed E-state index contributed by atoms with van der Waals surface area (Å²) in [4.78, 5) is 0. The minimum absolute atomic E-state index is 0.138. The normalized spacial score (nSPS) is 12.4. The van der Waals surface area contributed by atoms with E-state index in [2.05, 4.69) is 49.7 Å². The molecule has 0 saturated heterocycles. The van der Waals surface area contributed by atoms with Crippen LogP contribution in [-0.4, -0.2) is 22.0 Å². The highest BCUT2D eigenvalue weighted by molar-refractivity contribution is 6.04. The highest BCUT2D eigenvalue weighted by Gasteiger charge is 2.21. The molecule has 2 N–H and O–H groups in total. The first-order valence-electron chi connectivity index (χ1n) is 4.95. The largest absolute Gasteiger partial charge is 0.327 e. The molecular weight excluding hydrogens is 188 g/mol. The molecule has 0 aromatic heterocycles. The lowest BCUT2D eigenvalue weighted by Crippen LogP contribution is -2.36. The van der Waals surface area contributed by atoms with Gasteiger partial charge < -0.3 is 10.3 Å². The van der Waals surface area contributed by atoms with Crippen LogP contribution >= 0.6 is 0 Å². The van der Waals surface area contributed by atoms with E-state index < -0.39 is 0 Å². The fraction of sp³-hybridized carbons (Fsp3) is 0.455. The minimum atomic E-state index is 0.138. The molecule has 0 aliphatic rings. The SMILES string of the molecule is CN([SiH3])C(C)(C)c1ccc(CN)cc1. The van der Waals surface area contributed by atoms with Gasteiger partial charge in [-0.15, -0.1) is 0 Å². The molecule has 0 fully saturated rings. The van der Waals surface area contributed by atoms with Crippen molar-refractivity contribution in [2.45, 2.75) is 25.9 Å². The van der Waals surface area contributed by atoms with Crippen LogP contribution in [0.25, 0.3) is 0 Å². The second-order valence-corrected chi connectivity index (χ2v) is 5.70. The summed E-state index contributed by atoms with van der Waals surface area (Å²) in [5, 5.41) is 0. The van der Waals surface area contributed by atoms with Crippen LogP contribution in [0.5, 0.6) is 0 Å². The summed E-state index contributed by atoms with van der Waals surface area (Å²) in [6, 6.07) is 8.58. The standard InChI is InChI=1S/C11H20N2Si/c1-11(2,13(3)14)10-6-4-9(8-12)5-7-10/h4-7H,8,12H2,1-3,14H3. The van der Waals surface area contributed by atoms with Crippen molar-refractivity contribution in [3.63, 3.8) is 0 Å². The van der Waals surface area contributed by atoms with E-state index in [0.717, 1.165) is 10.4 Å². The summed E-state index contributed by atoms with van der Waals surface area (Å²) < 4.78 is 2.35. The number of nitrogens with zero attached hydrogens (tertiary/aromatic N) is 1. The van der Waals surface area contributed by atoms with Gasteiger partial charge in [0, 0.05) is 12.1 Å². The molecule has 0 heterocycles. The van der Waals surface area contributed by atoms with Crippen molar-refractivity contribution in [1.29, 1.82) is 0 Å². The van der Waals surface area contributed by atoms with Crippen molar-refractivity contribution in [3.8, 4) is 0 Å². The average Bonchev–Trinajstić information content (AvgIpc) is 2.17. The van der Waals surface area contributed by atoms with Crippen LogP contribution in [0.4, 0.5) is 0 Å². The highest BCUT2D eigenvalue weighted by Crippen LogP contribution is 2.24. The maximum Gasteiger partial charge on any atom is 0.0791 e. The van der Waals surface area contributed by atoms with Crippen molar-refractivity contribution in [1.82, 2.24) is 4.57 Å². The zero-order valence-electron chi connectivity index (χ0n) is 9.54. The third-order valence-corrected chi connectivity index (χ3v) is 4.13. The van der Waals surface area contributed by atoms with E-state index in [1.54, 1.807) is 0 Å². The number of rotatable bonds is 3. The van der Waals surface area contributed by atoms with Crippen LogP contribution in [-0.2, 0) is 12.1 Å². The fourth-order valence-electron chi connectivity index (χ4n) is 1.31. The van der Waals surface area contributed by atoms with Crippen molar-refractivity contribution < 1.29 is 0 Å². The molecule has 0 aliphatic carbocycles. The Labute approximate surface area is 89.6 Å². The topological polar surface area (TPSA) is 29.3 Å². The Morgan fingerprint density at radius 3 is 2.14 bits per heavy atom. The zero-order chi connectivity index (χ0) is 10.8. The van der Waals surface area contributed by atoms with Gasteiger partial charge in [0.15, 0.2) is 0 Å². The summed E-state index contributed by atoms with van der Waals surface area (Å²) >= 11 is 0. The van der Waals surface area contributed by atoms with Crippen LogP contribution in [0, 0.1) is 0 Å². The Balaban J connectivity index is 2.97. The first-order chi connectivity index (χ1) is 6.48. The minimum Gasteiger partial charge on any atom is -0.327 e. The first-order valence-corrected chi connectivity index (χ1v) is 5.85. The quantitative estimate of drug-likeness (QED) is 0.737. The number of nitrogens with two attached hydrogens (primary N) is 1. The lowest BCUT2D eigenvalue weighted by atomic mass is 9.94. The molecule has 78 valence electrons. The fourth-order valence-corrected chi connectivity index (χ4v) is 1.57. The molecule has 3 heteroatoms. The van der Waals surface area contributed by atoms with Crippen LogP contribution in [0.1, 0.15) is 25.0 Å². The predicted molar refractivity (Wildman–Crippen MR) is 65.1 cm³/mol. The monoisotopic (exact) mass is 208 g/mol. The van der Waals surface area contributed by atoms with Gasteiger partial charge in [-0.25, -0.2) is 0 Å². The van der Waals surface area contributed by atoms with E-state index in [1.807, 2.05) is 0 Å². The maximum absolute atomic E-state index is 5.57. The van der Waals surface area contributed by atoms with Gasteiger partial charge in [0.2, 0.25) is 0 Å². The Hall–Kier alpha value is -0.643. The molecule has 0 spiro atoms. The molecule has 0 saturated carbocycles. The van der Waals surface area contributed by atoms with Gasteiger partial charge in [-0.2, -0.15) is 0 Å². The van der Waals surface area contributed by atoms with E-state index in [4.69, 9.17) is 5.73 Å². The molecule has 0 radical (unpaired) electrons. The van der Waals surface area contributed by atoms with E-state index in [0.29, 0.717) is 6.54 Å². The Bertz CT molecular complexity index is 291. The smallest absolute Gasteiger partial charge is 0.0791 e. The average molecular weight is 208 g/mol. The van der Waals surface area contributed by atoms with Gasteiger partial charge in [0.05, 0.1) is 10.4 Å². The highest BCUT2D eigenvalue weighted by atomic mass is 28.2. The zero-order valence-corrected chi connectivity index (χ0v) is 11.5. The van der Waals surface area contributed by atoms with Gasteiger partial charge in [-0.3, -0.25) is 0 Å². The molecule has 14 heavy (non-hydrogen) atoms. The molecule has 0 bridgehead atoms. The molecule has 0 atom stereocenters. The van der Waals surface area contributed by atoms with Gasteiger partial charge in [0.1, 0.15) is 0 Å². The van der Waals surface area contributed by atoms with Gasteiger partial charge in [0.25, 0.3) is 0 Å². The summed E-state index contributed by atoms with van der Waals surface area (Å²) in [5.74, 6) is 0. The molecule has 0 aliphatic heterocycles. The van der Waals surface area contributed by atoms with Gasteiger partial charge in [-0.05, 0) is 32.0 Å². The summed E-state index contributed by atoms with van der Waals surface area (Å²) in [7, 11) is 3.23. The summed E-state index contributed by atoms with van der Waals surface area (Å²) in [6.07, 6.45) is 0. The lowest BCUT2D eigenvalue weighted by Gasteiger charge is -2.33. The molecule has 2 nitrogen and oxygen atoms in total. The van der Waals surface area contributed by atoms with Crippen molar-refractivity contribution in [2.24, 2.45) is 5.73 Å². The first kappa shape index (κ1) is 11.4. The van der Waals surface area contributed by atoms with Crippen LogP contribution in [0.15, 0.2) is 24.3 Å². The van der Waals surface area contributed by atoms with E-state index >= 15 is 0 Å². The molecular formula is C11H20N2Si.